The van der Waals surface area contributed by atoms with E-state index in [-0.39, 0.29) is 28.3 Å². The highest BCUT2D eigenvalue weighted by Gasteiger charge is 2.33. The van der Waals surface area contributed by atoms with E-state index >= 15 is 8.78 Å². The van der Waals surface area contributed by atoms with Crippen LogP contribution in [-0.2, 0) is 29.0 Å². The maximum absolute atomic E-state index is 15.4. The monoisotopic (exact) mass is 714 g/mol. The molecule has 3 aromatic heterocycles. The maximum atomic E-state index is 15.4. The van der Waals surface area contributed by atoms with Crippen molar-refractivity contribution in [2.24, 2.45) is 5.73 Å². The van der Waals surface area contributed by atoms with Gasteiger partial charge in [0.2, 0.25) is 17.7 Å². The van der Waals surface area contributed by atoms with Gasteiger partial charge in [-0.15, -0.1) is 0 Å². The summed E-state index contributed by atoms with van der Waals surface area (Å²) >= 11 is 6.27. The second-order valence-corrected chi connectivity index (χ2v) is 13.3. The highest BCUT2D eigenvalue weighted by atomic mass is 35.5. The van der Waals surface area contributed by atoms with Crippen molar-refractivity contribution in [3.05, 3.63) is 62.7 Å². The van der Waals surface area contributed by atoms with Crippen molar-refractivity contribution in [3.8, 4) is 16.9 Å². The molecule has 0 radical (unpaired) electrons. The van der Waals surface area contributed by atoms with Gasteiger partial charge >= 0.3 is 0 Å². The fourth-order valence-corrected chi connectivity index (χ4v) is 7.09. The van der Waals surface area contributed by atoms with Crippen LogP contribution in [0.1, 0.15) is 42.4 Å². The number of ether oxygens (including phenoxy) is 1. The Morgan fingerprint density at radius 2 is 1.86 bits per heavy atom. The Morgan fingerprint density at radius 3 is 2.56 bits per heavy atom. The van der Waals surface area contributed by atoms with Gasteiger partial charge in [-0.25, -0.2) is 14.4 Å². The minimum Gasteiger partial charge on any atom is -0.504 e. The number of aromatic nitrogens is 4. The summed E-state index contributed by atoms with van der Waals surface area (Å²) in [5, 5.41) is 12.1. The number of hydrogen-bond donors (Lipinski definition) is 3. The zero-order chi connectivity index (χ0) is 35.4. The molecule has 0 aliphatic carbocycles. The van der Waals surface area contributed by atoms with E-state index in [0.717, 1.165) is 25.5 Å². The molecular formula is C33H34ClF3N8O5. The van der Waals surface area contributed by atoms with Gasteiger partial charge in [0.05, 0.1) is 35.9 Å². The molecule has 1 aromatic carbocycles. The van der Waals surface area contributed by atoms with Crippen LogP contribution in [0.15, 0.2) is 23.1 Å². The van der Waals surface area contributed by atoms with Gasteiger partial charge in [-0.05, 0) is 25.8 Å². The van der Waals surface area contributed by atoms with Crippen LogP contribution in [-0.4, -0.2) is 85.9 Å². The Bertz CT molecular complexity index is 2100. The van der Waals surface area contributed by atoms with Crippen molar-refractivity contribution in [1.82, 2.24) is 24.0 Å². The average Bonchev–Trinajstić information content (AvgIpc) is 3.21. The minimum absolute atomic E-state index is 0.0121. The predicted octanol–water partition coefficient (Wildman–Crippen LogP) is 3.41. The molecule has 13 nitrogen and oxygen atoms in total. The standard InChI is InChI=1S/C33H34ClF3N8O5/c1-16-11-42(17-14-50-15-17)7-8-44(16)23-10-21(26(34)30(37)40-23)39-24(46)13-43-12-20(18-9-19(31(38)48)29(47)28(36)27(18)35)25-32(43)41-22-5-3-2-4-6-45(22)33(25)49/h9-10,12,16-17,47H,2-8,11,13-15H2,1H3,(H2,38,48)(H,39,40,46)/t16-/m0/s1. The van der Waals surface area contributed by atoms with Crippen LogP contribution in [0.2, 0.25) is 5.02 Å². The third-order valence-corrected chi connectivity index (χ3v) is 10.0. The molecule has 3 aliphatic rings. The fourth-order valence-electron chi connectivity index (χ4n) is 6.95. The number of fused-ring (bicyclic) bond motifs is 2. The average molecular weight is 715 g/mol. The lowest BCUT2D eigenvalue weighted by atomic mass is 10.0. The Labute approximate surface area is 288 Å². The predicted molar refractivity (Wildman–Crippen MR) is 178 cm³/mol. The maximum Gasteiger partial charge on any atom is 0.263 e. The van der Waals surface area contributed by atoms with Crippen molar-refractivity contribution in [2.75, 3.05) is 43.1 Å². The fraction of sp³-hybridized carbons (Fsp3) is 0.424. The summed E-state index contributed by atoms with van der Waals surface area (Å²) in [6.07, 6.45) is 4.02. The van der Waals surface area contributed by atoms with E-state index in [9.17, 15) is 23.9 Å². The summed E-state index contributed by atoms with van der Waals surface area (Å²) in [6.45, 7) is 5.21. The first kappa shape index (κ1) is 33.8. The van der Waals surface area contributed by atoms with E-state index in [2.05, 4.69) is 20.2 Å². The number of halogens is 4. The highest BCUT2D eigenvalue weighted by molar-refractivity contribution is 6.33. The summed E-state index contributed by atoms with van der Waals surface area (Å²) < 4.78 is 53.4. The lowest BCUT2D eigenvalue weighted by Crippen LogP contribution is -2.59. The van der Waals surface area contributed by atoms with Crippen molar-refractivity contribution in [1.29, 1.82) is 0 Å². The summed E-state index contributed by atoms with van der Waals surface area (Å²) in [5.41, 5.74) is 3.36. The first-order chi connectivity index (χ1) is 23.9. The third-order valence-electron chi connectivity index (χ3n) is 9.66. The zero-order valence-electron chi connectivity index (χ0n) is 27.0. The lowest BCUT2D eigenvalue weighted by Gasteiger charge is -2.46. The number of carbonyl (C=O) groups excluding carboxylic acids is 2. The van der Waals surface area contributed by atoms with Crippen LogP contribution in [0, 0.1) is 17.6 Å². The molecule has 0 spiro atoms. The zero-order valence-corrected chi connectivity index (χ0v) is 27.8. The molecule has 0 unspecified atom stereocenters. The number of benzene rings is 1. The molecule has 2 fully saturated rings. The van der Waals surface area contributed by atoms with Crippen LogP contribution >= 0.6 is 11.6 Å². The first-order valence-corrected chi connectivity index (χ1v) is 16.7. The Morgan fingerprint density at radius 1 is 1.08 bits per heavy atom. The van der Waals surface area contributed by atoms with Crippen LogP contribution in [0.25, 0.3) is 22.2 Å². The molecule has 1 atom stereocenters. The van der Waals surface area contributed by atoms with Gasteiger partial charge < -0.3 is 30.4 Å². The number of nitrogens with zero attached hydrogens (tertiary/aromatic N) is 6. The van der Waals surface area contributed by atoms with Crippen molar-refractivity contribution >= 4 is 46.0 Å². The Hall–Kier alpha value is -4.67. The molecule has 4 aromatic rings. The van der Waals surface area contributed by atoms with Crippen molar-refractivity contribution in [2.45, 2.75) is 57.8 Å². The van der Waals surface area contributed by atoms with Gasteiger partial charge in [0.25, 0.3) is 11.5 Å². The molecule has 17 heteroatoms. The van der Waals surface area contributed by atoms with E-state index in [1.165, 1.54) is 21.4 Å². The number of primary amides is 1. The molecule has 6 heterocycles. The van der Waals surface area contributed by atoms with E-state index in [4.69, 9.17) is 22.1 Å². The smallest absolute Gasteiger partial charge is 0.263 e. The summed E-state index contributed by atoms with van der Waals surface area (Å²) in [4.78, 5) is 52.5. The molecular weight excluding hydrogens is 681 g/mol. The number of rotatable bonds is 7. The topological polar surface area (TPSA) is 161 Å². The molecule has 0 bridgehead atoms. The van der Waals surface area contributed by atoms with Crippen molar-refractivity contribution in [3.63, 3.8) is 0 Å². The molecule has 50 heavy (non-hydrogen) atoms. The number of carbonyl (C=O) groups is 2. The third kappa shape index (κ3) is 5.94. The first-order valence-electron chi connectivity index (χ1n) is 16.3. The molecule has 0 saturated carbocycles. The molecule has 264 valence electrons. The number of phenols is 1. The minimum atomic E-state index is -1.73. The second-order valence-electron chi connectivity index (χ2n) is 12.9. The van der Waals surface area contributed by atoms with Crippen LogP contribution < -0.4 is 21.5 Å². The van der Waals surface area contributed by atoms with Crippen LogP contribution in [0.4, 0.5) is 24.7 Å². The van der Waals surface area contributed by atoms with Gasteiger partial charge in [0, 0.05) is 62.0 Å². The number of pyridine rings is 1. The highest BCUT2D eigenvalue weighted by Crippen LogP contribution is 2.37. The van der Waals surface area contributed by atoms with Crippen molar-refractivity contribution < 1.29 is 32.6 Å². The van der Waals surface area contributed by atoms with Gasteiger partial charge in [0.1, 0.15) is 28.9 Å². The molecule has 4 N–H and O–H groups in total. The van der Waals surface area contributed by atoms with Gasteiger partial charge in [-0.3, -0.25) is 23.9 Å². The second kappa shape index (κ2) is 13.2. The van der Waals surface area contributed by atoms with E-state index in [1.807, 2.05) is 11.8 Å². The number of amides is 2. The summed E-state index contributed by atoms with van der Waals surface area (Å²) in [7, 11) is 0. The normalized spacial score (nSPS) is 18.5. The molecule has 2 amide bonds. The number of hydrogen-bond acceptors (Lipinski definition) is 9. The molecule has 7 rings (SSSR count). The van der Waals surface area contributed by atoms with Gasteiger partial charge in [-0.1, -0.05) is 18.0 Å². The van der Waals surface area contributed by atoms with Crippen LogP contribution in [0.3, 0.4) is 0 Å². The van der Waals surface area contributed by atoms with Gasteiger partial charge in [-0.2, -0.15) is 8.78 Å². The largest absolute Gasteiger partial charge is 0.504 e. The number of nitrogens with one attached hydrogen (secondary N) is 1. The number of aromatic hydroxyl groups is 1. The molecule has 3 aliphatic heterocycles. The summed E-state index contributed by atoms with van der Waals surface area (Å²) in [5.74, 6) is -6.65. The van der Waals surface area contributed by atoms with E-state index in [0.29, 0.717) is 63.4 Å². The lowest BCUT2D eigenvalue weighted by molar-refractivity contribution is -0.116. The summed E-state index contributed by atoms with van der Waals surface area (Å²) in [6, 6.07) is 2.68. The van der Waals surface area contributed by atoms with Gasteiger partial charge in [0.15, 0.2) is 11.6 Å². The van der Waals surface area contributed by atoms with E-state index < -0.39 is 63.4 Å². The number of aryl methyl sites for hydroxylation is 1. The number of anilines is 2. The Kier molecular flexibility index (Phi) is 8.94. The van der Waals surface area contributed by atoms with Crippen LogP contribution in [0.5, 0.6) is 5.75 Å². The number of piperazine rings is 1. The quantitative estimate of drug-likeness (QED) is 0.244. The molecule has 2 saturated heterocycles. The van der Waals surface area contributed by atoms with E-state index in [1.54, 1.807) is 0 Å². The Balaban J connectivity index is 1.24. The SMILES string of the molecule is C[C@H]1CN(C2COC2)CCN1c1cc(NC(=O)Cn2cc(-c3cc(C(N)=O)c(O)c(F)c3F)c3c(=O)n4c(nc32)CCCCC4)c(Cl)c(F)n1. The number of nitrogens with two attached hydrogens (primary N) is 1.